The standard InChI is InChI=1S/C9H12N2OS/c1-6(12)11-8(7-2-3-7)9-10-4-5-13-9/h4-5,7-8H,2-3H2,1H3,(H,11,12). The topological polar surface area (TPSA) is 42.0 Å². The minimum atomic E-state index is 0.0344. The number of aromatic nitrogens is 1. The first-order chi connectivity index (χ1) is 6.27. The van der Waals surface area contributed by atoms with Gasteiger partial charge in [-0.15, -0.1) is 11.3 Å². The molecule has 3 nitrogen and oxygen atoms in total. The summed E-state index contributed by atoms with van der Waals surface area (Å²) in [6, 6.07) is 0.164. The van der Waals surface area contributed by atoms with Crippen molar-refractivity contribution in [2.45, 2.75) is 25.8 Å². The molecule has 0 aliphatic heterocycles. The normalized spacial score (nSPS) is 18.2. The monoisotopic (exact) mass is 196 g/mol. The largest absolute Gasteiger partial charge is 0.347 e. The molecule has 1 unspecified atom stereocenters. The number of amides is 1. The van der Waals surface area contributed by atoms with Gasteiger partial charge in [-0.3, -0.25) is 4.79 Å². The number of nitrogens with zero attached hydrogens (tertiary/aromatic N) is 1. The molecule has 1 amide bonds. The summed E-state index contributed by atoms with van der Waals surface area (Å²) in [5, 5.41) is 5.94. The third kappa shape index (κ3) is 2.06. The van der Waals surface area contributed by atoms with Gasteiger partial charge in [-0.1, -0.05) is 0 Å². The summed E-state index contributed by atoms with van der Waals surface area (Å²) in [5.74, 6) is 0.655. The second-order valence-corrected chi connectivity index (χ2v) is 4.31. The molecule has 1 atom stereocenters. The molecule has 0 aromatic carbocycles. The third-order valence-corrected chi connectivity index (χ3v) is 3.03. The Labute approximate surface area is 81.2 Å². The van der Waals surface area contributed by atoms with E-state index in [2.05, 4.69) is 10.3 Å². The fourth-order valence-electron chi connectivity index (χ4n) is 1.42. The van der Waals surface area contributed by atoms with Crippen molar-refractivity contribution in [2.24, 2.45) is 5.92 Å². The van der Waals surface area contributed by atoms with E-state index in [0.717, 1.165) is 5.01 Å². The summed E-state index contributed by atoms with van der Waals surface area (Å²) in [5.41, 5.74) is 0. The zero-order valence-electron chi connectivity index (χ0n) is 7.49. The molecule has 1 saturated carbocycles. The molecular formula is C9H12N2OS. The van der Waals surface area contributed by atoms with Crippen molar-refractivity contribution in [2.75, 3.05) is 0 Å². The number of rotatable bonds is 3. The number of nitrogens with one attached hydrogen (secondary N) is 1. The number of carbonyl (C=O) groups is 1. The molecule has 0 saturated heterocycles. The third-order valence-electron chi connectivity index (χ3n) is 2.17. The lowest BCUT2D eigenvalue weighted by Gasteiger charge is -2.13. The Balaban J connectivity index is 2.09. The lowest BCUT2D eigenvalue weighted by Crippen LogP contribution is -2.27. The van der Waals surface area contributed by atoms with E-state index in [0.29, 0.717) is 5.92 Å². The number of hydrogen-bond donors (Lipinski definition) is 1. The quantitative estimate of drug-likeness (QED) is 0.800. The van der Waals surface area contributed by atoms with Gasteiger partial charge in [-0.25, -0.2) is 4.98 Å². The van der Waals surface area contributed by atoms with E-state index < -0.39 is 0 Å². The molecule has 70 valence electrons. The van der Waals surface area contributed by atoms with E-state index in [4.69, 9.17) is 0 Å². The van der Waals surface area contributed by atoms with Gasteiger partial charge in [-0.2, -0.15) is 0 Å². The smallest absolute Gasteiger partial charge is 0.217 e. The Morgan fingerprint density at radius 1 is 1.77 bits per heavy atom. The molecule has 1 aromatic rings. The highest BCUT2D eigenvalue weighted by Crippen LogP contribution is 2.41. The SMILES string of the molecule is CC(=O)NC(c1nccs1)C1CC1. The highest BCUT2D eigenvalue weighted by Gasteiger charge is 2.34. The molecule has 4 heteroatoms. The van der Waals surface area contributed by atoms with Crippen LogP contribution in [-0.4, -0.2) is 10.9 Å². The van der Waals surface area contributed by atoms with Crippen LogP contribution in [0.25, 0.3) is 0 Å². The van der Waals surface area contributed by atoms with Crippen molar-refractivity contribution in [3.05, 3.63) is 16.6 Å². The maximum absolute atomic E-state index is 10.9. The van der Waals surface area contributed by atoms with Crippen molar-refractivity contribution in [1.82, 2.24) is 10.3 Å². The zero-order chi connectivity index (χ0) is 9.26. The fourth-order valence-corrected chi connectivity index (χ4v) is 2.20. The molecule has 0 radical (unpaired) electrons. The van der Waals surface area contributed by atoms with Crippen LogP contribution in [0.15, 0.2) is 11.6 Å². The molecule has 1 N–H and O–H groups in total. The second-order valence-electron chi connectivity index (χ2n) is 3.39. The fraction of sp³-hybridized carbons (Fsp3) is 0.556. The molecule has 0 bridgehead atoms. The molecular weight excluding hydrogens is 184 g/mol. The molecule has 1 fully saturated rings. The first-order valence-electron chi connectivity index (χ1n) is 4.44. The number of thiazole rings is 1. The Kier molecular flexibility index (Phi) is 2.31. The summed E-state index contributed by atoms with van der Waals surface area (Å²) >= 11 is 1.62. The van der Waals surface area contributed by atoms with Crippen LogP contribution in [0.1, 0.15) is 30.8 Å². The molecule has 0 spiro atoms. The van der Waals surface area contributed by atoms with Crippen molar-refractivity contribution in [3.63, 3.8) is 0 Å². The predicted molar refractivity (Wildman–Crippen MR) is 51.4 cm³/mol. The Hall–Kier alpha value is -0.900. The number of carbonyl (C=O) groups excluding carboxylic acids is 1. The molecule has 2 rings (SSSR count). The van der Waals surface area contributed by atoms with Gasteiger partial charge in [0.05, 0.1) is 6.04 Å². The summed E-state index contributed by atoms with van der Waals surface area (Å²) in [4.78, 5) is 15.2. The molecule has 13 heavy (non-hydrogen) atoms. The van der Waals surface area contributed by atoms with Gasteiger partial charge in [0.1, 0.15) is 5.01 Å². The van der Waals surface area contributed by atoms with Crippen LogP contribution in [0.5, 0.6) is 0 Å². The van der Waals surface area contributed by atoms with Gasteiger partial charge in [0.2, 0.25) is 5.91 Å². The van der Waals surface area contributed by atoms with Crippen LogP contribution in [0.3, 0.4) is 0 Å². The van der Waals surface area contributed by atoms with E-state index in [1.807, 2.05) is 5.38 Å². The zero-order valence-corrected chi connectivity index (χ0v) is 8.30. The number of hydrogen-bond acceptors (Lipinski definition) is 3. The molecule has 1 heterocycles. The summed E-state index contributed by atoms with van der Waals surface area (Å²) < 4.78 is 0. The van der Waals surface area contributed by atoms with Crippen LogP contribution < -0.4 is 5.32 Å². The van der Waals surface area contributed by atoms with E-state index in [-0.39, 0.29) is 11.9 Å². The molecule has 1 aliphatic rings. The summed E-state index contributed by atoms with van der Waals surface area (Å²) in [6.07, 6.45) is 4.21. The van der Waals surface area contributed by atoms with E-state index >= 15 is 0 Å². The Bertz CT molecular complexity index is 293. The maximum atomic E-state index is 10.9. The van der Waals surface area contributed by atoms with Crippen LogP contribution >= 0.6 is 11.3 Å². The lowest BCUT2D eigenvalue weighted by molar-refractivity contribution is -0.119. The van der Waals surface area contributed by atoms with Gasteiger partial charge < -0.3 is 5.32 Å². The first-order valence-corrected chi connectivity index (χ1v) is 5.32. The predicted octanol–water partition coefficient (Wildman–Crippen LogP) is 1.73. The van der Waals surface area contributed by atoms with Crippen molar-refractivity contribution in [3.8, 4) is 0 Å². The van der Waals surface area contributed by atoms with Crippen LogP contribution in [0.2, 0.25) is 0 Å². The minimum Gasteiger partial charge on any atom is -0.347 e. The van der Waals surface area contributed by atoms with Gasteiger partial charge in [0.15, 0.2) is 0 Å². The lowest BCUT2D eigenvalue weighted by atomic mass is 10.2. The summed E-state index contributed by atoms with van der Waals surface area (Å²) in [7, 11) is 0. The summed E-state index contributed by atoms with van der Waals surface area (Å²) in [6.45, 7) is 1.56. The minimum absolute atomic E-state index is 0.0344. The maximum Gasteiger partial charge on any atom is 0.217 e. The van der Waals surface area contributed by atoms with Gasteiger partial charge in [-0.05, 0) is 18.8 Å². The van der Waals surface area contributed by atoms with Crippen molar-refractivity contribution in [1.29, 1.82) is 0 Å². The van der Waals surface area contributed by atoms with E-state index in [1.54, 1.807) is 24.5 Å². The highest BCUT2D eigenvalue weighted by atomic mass is 32.1. The van der Waals surface area contributed by atoms with E-state index in [1.165, 1.54) is 12.8 Å². The van der Waals surface area contributed by atoms with Crippen molar-refractivity contribution < 1.29 is 4.79 Å². The van der Waals surface area contributed by atoms with Crippen LogP contribution in [0.4, 0.5) is 0 Å². The highest BCUT2D eigenvalue weighted by molar-refractivity contribution is 7.09. The Morgan fingerprint density at radius 2 is 2.54 bits per heavy atom. The van der Waals surface area contributed by atoms with Gasteiger partial charge in [0, 0.05) is 18.5 Å². The van der Waals surface area contributed by atoms with Gasteiger partial charge in [0.25, 0.3) is 0 Å². The van der Waals surface area contributed by atoms with Crippen LogP contribution in [0, 0.1) is 5.92 Å². The average molecular weight is 196 g/mol. The van der Waals surface area contributed by atoms with Crippen LogP contribution in [-0.2, 0) is 4.79 Å². The van der Waals surface area contributed by atoms with Gasteiger partial charge >= 0.3 is 0 Å². The molecule has 1 aromatic heterocycles. The van der Waals surface area contributed by atoms with Crippen molar-refractivity contribution >= 4 is 17.2 Å². The second kappa shape index (κ2) is 3.46. The van der Waals surface area contributed by atoms with E-state index in [9.17, 15) is 4.79 Å². The Morgan fingerprint density at radius 3 is 3.00 bits per heavy atom. The first kappa shape index (κ1) is 8.69. The average Bonchev–Trinajstić information content (AvgIpc) is 2.77. The molecule has 1 aliphatic carbocycles.